The summed E-state index contributed by atoms with van der Waals surface area (Å²) >= 11 is 0. The van der Waals surface area contributed by atoms with Gasteiger partial charge >= 0.3 is 0 Å². The number of aliphatic hydroxyl groups is 1. The van der Waals surface area contributed by atoms with E-state index in [4.69, 9.17) is 0 Å². The standard InChI is InChI=1S/C15H23N3O2/c1-18(11-12-5-3-2-4-6-12)8-7-16-15(20)14-9-13(19)10-17-14/h2-6,13-14,17,19H,7-11H2,1H3,(H,16,20). The number of aliphatic hydroxyl groups excluding tert-OH is 1. The third kappa shape index (κ3) is 4.59. The largest absolute Gasteiger partial charge is 0.392 e. The van der Waals surface area contributed by atoms with Crippen LogP contribution < -0.4 is 10.6 Å². The molecule has 2 atom stereocenters. The Morgan fingerprint density at radius 3 is 2.85 bits per heavy atom. The molecule has 1 aromatic rings. The zero-order chi connectivity index (χ0) is 14.4. The highest BCUT2D eigenvalue weighted by Crippen LogP contribution is 2.06. The van der Waals surface area contributed by atoms with Crippen LogP contribution in [0.5, 0.6) is 0 Å². The SMILES string of the molecule is CN(CCNC(=O)C1CC(O)CN1)Cc1ccccc1. The molecule has 0 spiro atoms. The van der Waals surface area contributed by atoms with E-state index in [1.807, 2.05) is 25.2 Å². The van der Waals surface area contributed by atoms with E-state index in [0.29, 0.717) is 19.5 Å². The van der Waals surface area contributed by atoms with Crippen molar-refractivity contribution in [3.05, 3.63) is 35.9 Å². The normalized spacial score (nSPS) is 22.1. The molecule has 1 aromatic carbocycles. The third-order valence-electron chi connectivity index (χ3n) is 3.51. The maximum absolute atomic E-state index is 11.8. The first kappa shape index (κ1) is 15.0. The molecule has 0 aliphatic carbocycles. The van der Waals surface area contributed by atoms with Crippen molar-refractivity contribution in [3.8, 4) is 0 Å². The van der Waals surface area contributed by atoms with Crippen LogP contribution in [-0.2, 0) is 11.3 Å². The lowest BCUT2D eigenvalue weighted by Crippen LogP contribution is -2.42. The van der Waals surface area contributed by atoms with Crippen LogP contribution in [0.4, 0.5) is 0 Å². The summed E-state index contributed by atoms with van der Waals surface area (Å²) in [6.45, 7) is 2.80. The summed E-state index contributed by atoms with van der Waals surface area (Å²) in [5.74, 6) is -0.0188. The molecule has 2 unspecified atom stereocenters. The van der Waals surface area contributed by atoms with Gasteiger partial charge < -0.3 is 20.6 Å². The molecule has 1 heterocycles. The van der Waals surface area contributed by atoms with E-state index in [0.717, 1.165) is 13.1 Å². The fraction of sp³-hybridized carbons (Fsp3) is 0.533. The van der Waals surface area contributed by atoms with Crippen molar-refractivity contribution in [2.24, 2.45) is 0 Å². The van der Waals surface area contributed by atoms with Crippen molar-refractivity contribution in [1.29, 1.82) is 0 Å². The lowest BCUT2D eigenvalue weighted by Gasteiger charge is -2.18. The quantitative estimate of drug-likeness (QED) is 0.682. The van der Waals surface area contributed by atoms with Crippen molar-refractivity contribution in [3.63, 3.8) is 0 Å². The Balaban J connectivity index is 1.64. The van der Waals surface area contributed by atoms with Crippen LogP contribution in [0.1, 0.15) is 12.0 Å². The van der Waals surface area contributed by atoms with Gasteiger partial charge in [-0.1, -0.05) is 30.3 Å². The van der Waals surface area contributed by atoms with Crippen LogP contribution in [0, 0.1) is 0 Å². The molecular weight excluding hydrogens is 254 g/mol. The number of benzene rings is 1. The Hall–Kier alpha value is -1.43. The Morgan fingerprint density at radius 1 is 1.45 bits per heavy atom. The van der Waals surface area contributed by atoms with Gasteiger partial charge in [-0.25, -0.2) is 0 Å². The third-order valence-corrected chi connectivity index (χ3v) is 3.51. The summed E-state index contributed by atoms with van der Waals surface area (Å²) in [7, 11) is 2.04. The lowest BCUT2D eigenvalue weighted by molar-refractivity contribution is -0.122. The summed E-state index contributed by atoms with van der Waals surface area (Å²) in [6.07, 6.45) is 0.109. The number of rotatable bonds is 6. The Morgan fingerprint density at radius 2 is 2.20 bits per heavy atom. The minimum atomic E-state index is -0.397. The van der Waals surface area contributed by atoms with Gasteiger partial charge in [0.15, 0.2) is 0 Å². The second-order valence-corrected chi connectivity index (χ2v) is 5.36. The van der Waals surface area contributed by atoms with Gasteiger partial charge in [-0.15, -0.1) is 0 Å². The second kappa shape index (κ2) is 7.38. The van der Waals surface area contributed by atoms with Gasteiger partial charge in [0.25, 0.3) is 0 Å². The van der Waals surface area contributed by atoms with Crippen LogP contribution in [0.3, 0.4) is 0 Å². The van der Waals surface area contributed by atoms with Gasteiger partial charge in [-0.05, 0) is 19.0 Å². The molecule has 3 N–H and O–H groups in total. The number of nitrogens with zero attached hydrogens (tertiary/aromatic N) is 1. The topological polar surface area (TPSA) is 64.6 Å². The maximum Gasteiger partial charge on any atom is 0.237 e. The van der Waals surface area contributed by atoms with Gasteiger partial charge in [0, 0.05) is 26.2 Å². The van der Waals surface area contributed by atoms with Gasteiger partial charge in [0.2, 0.25) is 5.91 Å². The number of carbonyl (C=O) groups is 1. The highest BCUT2D eigenvalue weighted by atomic mass is 16.3. The Labute approximate surface area is 120 Å². The van der Waals surface area contributed by atoms with E-state index in [9.17, 15) is 9.90 Å². The van der Waals surface area contributed by atoms with Gasteiger partial charge in [-0.3, -0.25) is 4.79 Å². The Bertz CT molecular complexity index is 424. The van der Waals surface area contributed by atoms with E-state index < -0.39 is 6.10 Å². The molecule has 5 nitrogen and oxygen atoms in total. The predicted octanol–water partition coefficient (Wildman–Crippen LogP) is -0.0426. The average Bonchev–Trinajstić information content (AvgIpc) is 2.86. The molecule has 0 bridgehead atoms. The Kier molecular flexibility index (Phi) is 5.52. The summed E-state index contributed by atoms with van der Waals surface area (Å²) in [4.78, 5) is 14.0. The van der Waals surface area contributed by atoms with Gasteiger partial charge in [0.1, 0.15) is 0 Å². The predicted molar refractivity (Wildman–Crippen MR) is 78.2 cm³/mol. The van der Waals surface area contributed by atoms with E-state index >= 15 is 0 Å². The van der Waals surface area contributed by atoms with Gasteiger partial charge in [-0.2, -0.15) is 0 Å². The lowest BCUT2D eigenvalue weighted by atomic mass is 10.2. The summed E-state index contributed by atoms with van der Waals surface area (Å²) in [5, 5.41) is 15.3. The molecule has 1 amide bonds. The fourth-order valence-electron chi connectivity index (χ4n) is 2.38. The average molecular weight is 277 g/mol. The van der Waals surface area contributed by atoms with Crippen LogP contribution in [0.2, 0.25) is 0 Å². The molecule has 2 rings (SSSR count). The number of likely N-dealkylation sites (N-methyl/N-ethyl adjacent to an activating group) is 1. The smallest absolute Gasteiger partial charge is 0.237 e. The number of β-amino-alcohol motifs (C(OH)–C–C–N with tert-alkyl or cyclic N) is 1. The van der Waals surface area contributed by atoms with Crippen molar-refractivity contribution < 1.29 is 9.90 Å². The van der Waals surface area contributed by atoms with Crippen LogP contribution in [0.15, 0.2) is 30.3 Å². The molecule has 0 saturated carbocycles. The first-order valence-corrected chi connectivity index (χ1v) is 7.07. The summed E-state index contributed by atoms with van der Waals surface area (Å²) in [6, 6.07) is 10.0. The molecule has 0 radical (unpaired) electrons. The molecule has 20 heavy (non-hydrogen) atoms. The summed E-state index contributed by atoms with van der Waals surface area (Å²) < 4.78 is 0. The van der Waals surface area contributed by atoms with E-state index in [-0.39, 0.29) is 11.9 Å². The van der Waals surface area contributed by atoms with Crippen molar-refractivity contribution in [2.75, 3.05) is 26.7 Å². The van der Waals surface area contributed by atoms with Crippen LogP contribution in [0.25, 0.3) is 0 Å². The van der Waals surface area contributed by atoms with E-state index in [2.05, 4.69) is 27.7 Å². The first-order chi connectivity index (χ1) is 9.65. The monoisotopic (exact) mass is 277 g/mol. The number of carbonyl (C=O) groups excluding carboxylic acids is 1. The van der Waals surface area contributed by atoms with E-state index in [1.165, 1.54) is 5.56 Å². The highest BCUT2D eigenvalue weighted by molar-refractivity contribution is 5.82. The minimum absolute atomic E-state index is 0.0188. The molecule has 1 aliphatic rings. The summed E-state index contributed by atoms with van der Waals surface area (Å²) in [5.41, 5.74) is 1.27. The molecule has 1 aliphatic heterocycles. The van der Waals surface area contributed by atoms with Gasteiger partial charge in [0.05, 0.1) is 12.1 Å². The van der Waals surface area contributed by atoms with Crippen LogP contribution >= 0.6 is 0 Å². The zero-order valence-corrected chi connectivity index (χ0v) is 11.9. The highest BCUT2D eigenvalue weighted by Gasteiger charge is 2.27. The molecule has 110 valence electrons. The number of hydrogen-bond donors (Lipinski definition) is 3. The molecule has 5 heteroatoms. The minimum Gasteiger partial charge on any atom is -0.392 e. The first-order valence-electron chi connectivity index (χ1n) is 7.07. The molecule has 1 saturated heterocycles. The number of amides is 1. The fourth-order valence-corrected chi connectivity index (χ4v) is 2.38. The van der Waals surface area contributed by atoms with Crippen molar-refractivity contribution in [1.82, 2.24) is 15.5 Å². The van der Waals surface area contributed by atoms with Crippen LogP contribution in [-0.4, -0.2) is 54.7 Å². The maximum atomic E-state index is 11.8. The molecular formula is C15H23N3O2. The second-order valence-electron chi connectivity index (χ2n) is 5.36. The van der Waals surface area contributed by atoms with E-state index in [1.54, 1.807) is 0 Å². The molecule has 1 fully saturated rings. The van der Waals surface area contributed by atoms with Crippen molar-refractivity contribution >= 4 is 5.91 Å². The molecule has 0 aromatic heterocycles. The number of nitrogens with one attached hydrogen (secondary N) is 2. The number of hydrogen-bond acceptors (Lipinski definition) is 4. The zero-order valence-electron chi connectivity index (χ0n) is 11.9. The van der Waals surface area contributed by atoms with Crippen molar-refractivity contribution in [2.45, 2.75) is 25.1 Å².